The summed E-state index contributed by atoms with van der Waals surface area (Å²) in [4.78, 5) is 17.5. The number of rotatable bonds is 11. The van der Waals surface area contributed by atoms with Crippen molar-refractivity contribution in [2.24, 2.45) is 5.92 Å². The van der Waals surface area contributed by atoms with E-state index in [4.69, 9.17) is 14.3 Å². The average Bonchev–Trinajstić information content (AvgIpc) is 2.26. The van der Waals surface area contributed by atoms with Gasteiger partial charge in [-0.3, -0.25) is 0 Å². The molecule has 4 heteroatoms. The van der Waals surface area contributed by atoms with Crippen LogP contribution in [0.2, 0.25) is 0 Å². The Balaban J connectivity index is 3.62. The lowest BCUT2D eigenvalue weighted by molar-refractivity contribution is 0.195. The van der Waals surface area contributed by atoms with E-state index in [1.165, 1.54) is 38.5 Å². The number of hydrogen-bond acceptors (Lipinski definition) is 3. The first-order chi connectivity index (χ1) is 7.70. The quantitative estimate of drug-likeness (QED) is 0.430. The topological polar surface area (TPSA) is 49.7 Å². The van der Waals surface area contributed by atoms with Gasteiger partial charge < -0.3 is 14.3 Å². The third kappa shape index (κ3) is 10.8. The van der Waals surface area contributed by atoms with Crippen molar-refractivity contribution in [1.29, 1.82) is 0 Å². The minimum atomic E-state index is -2.17. The smallest absolute Gasteiger partial charge is 0.327 e. The summed E-state index contributed by atoms with van der Waals surface area (Å²) in [5.74, 6) is 0.501. The molecular weight excluding hydrogens is 223 g/mol. The molecule has 0 spiro atoms. The van der Waals surface area contributed by atoms with Gasteiger partial charge in [-0.15, -0.1) is 0 Å². The summed E-state index contributed by atoms with van der Waals surface area (Å²) >= 11 is 0. The highest BCUT2D eigenvalue weighted by Gasteiger charge is 2.11. The average molecular weight is 250 g/mol. The van der Waals surface area contributed by atoms with Crippen LogP contribution in [0.15, 0.2) is 0 Å². The van der Waals surface area contributed by atoms with Crippen molar-refractivity contribution in [3.63, 3.8) is 0 Å². The highest BCUT2D eigenvalue weighted by molar-refractivity contribution is 7.39. The second-order valence-electron chi connectivity index (χ2n) is 4.41. The Morgan fingerprint density at radius 2 is 1.56 bits per heavy atom. The third-order valence-corrected chi connectivity index (χ3v) is 3.24. The molecule has 98 valence electrons. The zero-order valence-corrected chi connectivity index (χ0v) is 11.6. The normalized spacial score (nSPS) is 13.3. The monoisotopic (exact) mass is 250 g/mol. The van der Waals surface area contributed by atoms with Crippen molar-refractivity contribution in [1.82, 2.24) is 0 Å². The van der Waals surface area contributed by atoms with E-state index in [9.17, 15) is 0 Å². The lowest BCUT2D eigenvalue weighted by Gasteiger charge is -2.16. The van der Waals surface area contributed by atoms with E-state index in [1.807, 2.05) is 0 Å². The van der Waals surface area contributed by atoms with Crippen molar-refractivity contribution in [3.05, 3.63) is 0 Å². The molecule has 1 unspecified atom stereocenters. The van der Waals surface area contributed by atoms with Gasteiger partial charge in [-0.25, -0.2) is 0 Å². The molecule has 0 radical (unpaired) electrons. The van der Waals surface area contributed by atoms with Gasteiger partial charge in [0.25, 0.3) is 0 Å². The Kier molecular flexibility index (Phi) is 12.0. The molecule has 0 aliphatic carbocycles. The fourth-order valence-corrected chi connectivity index (χ4v) is 2.18. The van der Waals surface area contributed by atoms with Crippen molar-refractivity contribution in [2.75, 3.05) is 6.61 Å². The predicted octanol–water partition coefficient (Wildman–Crippen LogP) is 3.99. The van der Waals surface area contributed by atoms with E-state index in [0.717, 1.165) is 12.8 Å². The second-order valence-corrected chi connectivity index (χ2v) is 5.17. The van der Waals surface area contributed by atoms with Crippen LogP contribution in [0, 0.1) is 5.92 Å². The highest BCUT2D eigenvalue weighted by atomic mass is 31.2. The van der Waals surface area contributed by atoms with Crippen LogP contribution < -0.4 is 0 Å². The zero-order valence-electron chi connectivity index (χ0n) is 10.7. The van der Waals surface area contributed by atoms with E-state index in [1.54, 1.807) is 0 Å². The number of hydrogen-bond donors (Lipinski definition) is 2. The van der Waals surface area contributed by atoms with Crippen LogP contribution in [0.4, 0.5) is 0 Å². The third-order valence-electron chi connectivity index (χ3n) is 2.86. The first-order valence-electron chi connectivity index (χ1n) is 6.51. The van der Waals surface area contributed by atoms with Crippen LogP contribution in [0.1, 0.15) is 65.2 Å². The van der Waals surface area contributed by atoms with Gasteiger partial charge in [-0.1, -0.05) is 52.4 Å². The lowest BCUT2D eigenvalue weighted by Crippen LogP contribution is -2.08. The van der Waals surface area contributed by atoms with Crippen LogP contribution in [-0.4, -0.2) is 16.4 Å². The molecule has 16 heavy (non-hydrogen) atoms. The fourth-order valence-electron chi connectivity index (χ4n) is 1.84. The summed E-state index contributed by atoms with van der Waals surface area (Å²) in [5.41, 5.74) is 0. The lowest BCUT2D eigenvalue weighted by atomic mass is 9.96. The van der Waals surface area contributed by atoms with Crippen LogP contribution in [-0.2, 0) is 4.52 Å². The summed E-state index contributed by atoms with van der Waals surface area (Å²) in [5, 5.41) is 0. The van der Waals surface area contributed by atoms with Crippen LogP contribution in [0.3, 0.4) is 0 Å². The molecule has 0 bridgehead atoms. The molecule has 0 saturated carbocycles. The summed E-state index contributed by atoms with van der Waals surface area (Å²) in [6, 6.07) is 0. The molecule has 0 amide bonds. The SMILES string of the molecule is CCCCCCC(CCCC)COP(O)O. The van der Waals surface area contributed by atoms with Crippen molar-refractivity contribution in [3.8, 4) is 0 Å². The molecule has 1 atom stereocenters. The summed E-state index contributed by atoms with van der Waals surface area (Å²) in [7, 11) is -2.17. The minimum Gasteiger partial charge on any atom is -0.328 e. The summed E-state index contributed by atoms with van der Waals surface area (Å²) < 4.78 is 4.93. The largest absolute Gasteiger partial charge is 0.328 e. The number of unbranched alkanes of at least 4 members (excludes halogenated alkanes) is 4. The van der Waals surface area contributed by atoms with Gasteiger partial charge >= 0.3 is 8.60 Å². The van der Waals surface area contributed by atoms with Crippen molar-refractivity contribution >= 4 is 8.60 Å². The Morgan fingerprint density at radius 3 is 2.12 bits per heavy atom. The van der Waals surface area contributed by atoms with Gasteiger partial charge in [0.05, 0.1) is 6.61 Å². The van der Waals surface area contributed by atoms with Crippen molar-refractivity contribution in [2.45, 2.75) is 65.2 Å². The van der Waals surface area contributed by atoms with Gasteiger partial charge in [0.2, 0.25) is 0 Å². The van der Waals surface area contributed by atoms with Gasteiger partial charge in [0, 0.05) is 0 Å². The summed E-state index contributed by atoms with van der Waals surface area (Å²) in [6.45, 7) is 4.90. The summed E-state index contributed by atoms with van der Waals surface area (Å²) in [6.07, 6.45) is 9.78. The molecule has 3 nitrogen and oxygen atoms in total. The maximum Gasteiger partial charge on any atom is 0.327 e. The highest BCUT2D eigenvalue weighted by Crippen LogP contribution is 2.28. The van der Waals surface area contributed by atoms with Crippen LogP contribution >= 0.6 is 8.60 Å². The zero-order chi connectivity index (χ0) is 12.2. The van der Waals surface area contributed by atoms with Gasteiger partial charge in [-0.05, 0) is 18.8 Å². The fraction of sp³-hybridized carbons (Fsp3) is 1.00. The molecule has 0 rings (SSSR count). The van der Waals surface area contributed by atoms with Crippen LogP contribution in [0.5, 0.6) is 0 Å². The van der Waals surface area contributed by atoms with Gasteiger partial charge in [0.15, 0.2) is 0 Å². The molecule has 0 heterocycles. The Labute approximate surface area is 101 Å². The van der Waals surface area contributed by atoms with Gasteiger partial charge in [-0.2, -0.15) is 0 Å². The Hall–Kier alpha value is 0.310. The minimum absolute atomic E-state index is 0.501. The van der Waals surface area contributed by atoms with E-state index in [0.29, 0.717) is 12.5 Å². The Morgan fingerprint density at radius 1 is 0.938 bits per heavy atom. The second kappa shape index (κ2) is 11.8. The van der Waals surface area contributed by atoms with E-state index in [2.05, 4.69) is 13.8 Å². The van der Waals surface area contributed by atoms with E-state index < -0.39 is 8.60 Å². The van der Waals surface area contributed by atoms with Gasteiger partial charge in [0.1, 0.15) is 0 Å². The molecular formula is C12H27O3P. The first-order valence-corrected chi connectivity index (χ1v) is 7.68. The molecule has 0 fully saturated rings. The standard InChI is InChI=1S/C12H27O3P/c1-3-5-7-8-10-12(9-6-4-2)11-15-16(13)14/h12-14H,3-11H2,1-2H3. The Bertz CT molecular complexity index is 142. The van der Waals surface area contributed by atoms with Crippen LogP contribution in [0.25, 0.3) is 0 Å². The molecule has 0 aromatic rings. The first kappa shape index (κ1) is 16.3. The van der Waals surface area contributed by atoms with E-state index in [-0.39, 0.29) is 0 Å². The maximum atomic E-state index is 8.73. The molecule has 0 aromatic heterocycles. The molecule has 0 aromatic carbocycles. The molecule has 0 aliphatic rings. The predicted molar refractivity (Wildman–Crippen MR) is 69.1 cm³/mol. The maximum absolute atomic E-state index is 8.73. The van der Waals surface area contributed by atoms with Crippen molar-refractivity contribution < 1.29 is 14.3 Å². The molecule has 2 N–H and O–H groups in total. The van der Waals surface area contributed by atoms with E-state index >= 15 is 0 Å². The molecule has 0 aliphatic heterocycles. The molecule has 0 saturated heterocycles.